The van der Waals surface area contributed by atoms with Crippen molar-refractivity contribution in [2.75, 3.05) is 5.32 Å². The number of aromatic nitrogens is 2. The second kappa shape index (κ2) is 5.92. The topological polar surface area (TPSA) is 110 Å². The Balaban J connectivity index is 2.14. The normalized spacial score (nSPS) is 10.4. The zero-order chi connectivity index (χ0) is 15.6. The minimum absolute atomic E-state index is 0.0157. The molecule has 0 bridgehead atoms. The van der Waals surface area contributed by atoms with Crippen molar-refractivity contribution in [3.05, 3.63) is 44.7 Å². The zero-order valence-electron chi connectivity index (χ0n) is 10.9. The van der Waals surface area contributed by atoms with Crippen molar-refractivity contribution in [2.45, 2.75) is 13.5 Å². The number of hydrogen-bond donors (Lipinski definition) is 2. The number of benzene rings is 1. The number of aromatic hydroxyl groups is 1. The molecule has 0 aliphatic heterocycles. The zero-order valence-corrected chi connectivity index (χ0v) is 12.5. The molecule has 1 aromatic heterocycles. The van der Waals surface area contributed by atoms with Crippen LogP contribution in [0.25, 0.3) is 0 Å². The minimum Gasteiger partial charge on any atom is -0.506 e. The molecule has 0 aliphatic rings. The molecule has 2 rings (SSSR count). The van der Waals surface area contributed by atoms with Crippen LogP contribution in [0.5, 0.6) is 5.75 Å². The number of non-ortho nitro benzene ring substituents is 1. The fraction of sp³-hybridized carbons (Fsp3) is 0.167. The molecule has 21 heavy (non-hydrogen) atoms. The lowest BCUT2D eigenvalue weighted by Crippen LogP contribution is -2.20. The Morgan fingerprint density at radius 1 is 1.57 bits per heavy atom. The molecule has 0 radical (unpaired) electrons. The molecule has 110 valence electrons. The highest BCUT2D eigenvalue weighted by atomic mass is 79.9. The fourth-order valence-electron chi connectivity index (χ4n) is 1.65. The molecule has 1 amide bonds. The molecular weight excluding hydrogens is 344 g/mol. The molecule has 0 spiro atoms. The van der Waals surface area contributed by atoms with Crippen LogP contribution in [0.15, 0.2) is 28.9 Å². The van der Waals surface area contributed by atoms with Gasteiger partial charge in [0, 0.05) is 12.1 Å². The van der Waals surface area contributed by atoms with Crippen molar-refractivity contribution in [1.29, 1.82) is 0 Å². The molecule has 0 saturated heterocycles. The summed E-state index contributed by atoms with van der Waals surface area (Å²) < 4.78 is 2.24. The van der Waals surface area contributed by atoms with E-state index < -0.39 is 10.8 Å². The van der Waals surface area contributed by atoms with Gasteiger partial charge in [0.1, 0.15) is 12.3 Å². The summed E-state index contributed by atoms with van der Waals surface area (Å²) in [6.45, 7) is 1.72. The molecule has 2 N–H and O–H groups in total. The summed E-state index contributed by atoms with van der Waals surface area (Å²) >= 11 is 3.28. The first kappa shape index (κ1) is 15.0. The number of nitro benzene ring substituents is 1. The van der Waals surface area contributed by atoms with E-state index in [0.29, 0.717) is 0 Å². The predicted molar refractivity (Wildman–Crippen MR) is 78.1 cm³/mol. The molecule has 2 aromatic rings. The first-order chi connectivity index (χ1) is 9.88. The molecule has 0 unspecified atom stereocenters. The van der Waals surface area contributed by atoms with Gasteiger partial charge in [0.15, 0.2) is 0 Å². The second-order valence-electron chi connectivity index (χ2n) is 4.24. The van der Waals surface area contributed by atoms with E-state index in [-0.39, 0.29) is 23.7 Å². The quantitative estimate of drug-likeness (QED) is 0.496. The Kier molecular flexibility index (Phi) is 4.22. The van der Waals surface area contributed by atoms with Crippen molar-refractivity contribution in [2.24, 2.45) is 0 Å². The van der Waals surface area contributed by atoms with Gasteiger partial charge in [-0.3, -0.25) is 19.6 Å². The lowest BCUT2D eigenvalue weighted by molar-refractivity contribution is -0.384. The number of nitrogens with zero attached hydrogens (tertiary/aromatic N) is 3. The van der Waals surface area contributed by atoms with E-state index in [0.717, 1.165) is 28.4 Å². The standard InChI is InChI=1S/C12H11BrN4O4/c1-7-9(13)5-14-16(7)6-12(19)15-10-4-8(17(20)21)2-3-11(10)18/h2-5,18H,6H2,1H3,(H,15,19). The number of nitro groups is 1. The van der Waals surface area contributed by atoms with Crippen molar-refractivity contribution < 1.29 is 14.8 Å². The van der Waals surface area contributed by atoms with Crippen LogP contribution in [0.2, 0.25) is 0 Å². The largest absolute Gasteiger partial charge is 0.506 e. The van der Waals surface area contributed by atoms with Crippen molar-refractivity contribution in [3.8, 4) is 5.75 Å². The first-order valence-electron chi connectivity index (χ1n) is 5.83. The Morgan fingerprint density at radius 2 is 2.29 bits per heavy atom. The molecule has 1 heterocycles. The second-order valence-corrected chi connectivity index (χ2v) is 5.10. The molecule has 0 atom stereocenters. The number of amides is 1. The van der Waals surface area contributed by atoms with Crippen LogP contribution in [-0.2, 0) is 11.3 Å². The van der Waals surface area contributed by atoms with Crippen LogP contribution in [-0.4, -0.2) is 25.7 Å². The van der Waals surface area contributed by atoms with Gasteiger partial charge in [0.05, 0.1) is 27.0 Å². The van der Waals surface area contributed by atoms with Crippen LogP contribution in [0.1, 0.15) is 5.69 Å². The van der Waals surface area contributed by atoms with E-state index in [4.69, 9.17) is 0 Å². The number of phenolic OH excluding ortho intramolecular Hbond substituents is 1. The Bertz CT molecular complexity index is 713. The van der Waals surface area contributed by atoms with Crippen molar-refractivity contribution in [3.63, 3.8) is 0 Å². The van der Waals surface area contributed by atoms with E-state index >= 15 is 0 Å². The van der Waals surface area contributed by atoms with Gasteiger partial charge >= 0.3 is 0 Å². The minimum atomic E-state index is -0.607. The van der Waals surface area contributed by atoms with Gasteiger partial charge in [0.25, 0.3) is 5.69 Å². The van der Waals surface area contributed by atoms with E-state index in [1.807, 2.05) is 0 Å². The predicted octanol–water partition coefficient (Wildman–Crippen LogP) is 2.21. The van der Waals surface area contributed by atoms with Crippen LogP contribution >= 0.6 is 15.9 Å². The van der Waals surface area contributed by atoms with Crippen molar-refractivity contribution >= 4 is 33.2 Å². The Hall–Kier alpha value is -2.42. The maximum absolute atomic E-state index is 11.9. The molecule has 0 aliphatic carbocycles. The highest BCUT2D eigenvalue weighted by Gasteiger charge is 2.14. The smallest absolute Gasteiger partial charge is 0.271 e. The Morgan fingerprint density at radius 3 is 2.86 bits per heavy atom. The first-order valence-corrected chi connectivity index (χ1v) is 6.63. The van der Waals surface area contributed by atoms with Crippen molar-refractivity contribution in [1.82, 2.24) is 9.78 Å². The van der Waals surface area contributed by atoms with Crippen LogP contribution in [0.4, 0.5) is 11.4 Å². The number of hydrogen-bond acceptors (Lipinski definition) is 5. The number of phenols is 1. The molecule has 0 fully saturated rings. The third-order valence-corrected chi connectivity index (χ3v) is 3.58. The van der Waals surface area contributed by atoms with Gasteiger partial charge in [-0.25, -0.2) is 0 Å². The van der Waals surface area contributed by atoms with Gasteiger partial charge in [0.2, 0.25) is 5.91 Å². The molecule has 9 heteroatoms. The average Bonchev–Trinajstić information content (AvgIpc) is 2.73. The summed E-state index contributed by atoms with van der Waals surface area (Å²) in [6.07, 6.45) is 1.56. The fourth-order valence-corrected chi connectivity index (χ4v) is 1.94. The van der Waals surface area contributed by atoms with Gasteiger partial charge in [-0.05, 0) is 28.9 Å². The summed E-state index contributed by atoms with van der Waals surface area (Å²) in [4.78, 5) is 22.0. The van der Waals surface area contributed by atoms with Gasteiger partial charge in [-0.1, -0.05) is 0 Å². The lowest BCUT2D eigenvalue weighted by Gasteiger charge is -2.08. The summed E-state index contributed by atoms with van der Waals surface area (Å²) in [6, 6.07) is 3.41. The monoisotopic (exact) mass is 354 g/mol. The van der Waals surface area contributed by atoms with E-state index in [1.54, 1.807) is 13.1 Å². The number of anilines is 1. The van der Waals surface area contributed by atoms with Crippen LogP contribution in [0, 0.1) is 17.0 Å². The molecule has 1 aromatic carbocycles. The van der Waals surface area contributed by atoms with E-state index in [9.17, 15) is 20.0 Å². The molecular formula is C12H11BrN4O4. The summed E-state index contributed by atoms with van der Waals surface area (Å²) in [5.41, 5.74) is 0.535. The highest BCUT2D eigenvalue weighted by molar-refractivity contribution is 9.10. The highest BCUT2D eigenvalue weighted by Crippen LogP contribution is 2.27. The van der Waals surface area contributed by atoms with Crippen LogP contribution < -0.4 is 5.32 Å². The number of carbonyl (C=O) groups excluding carboxylic acids is 1. The Labute approximate surface area is 127 Å². The third-order valence-electron chi connectivity index (χ3n) is 2.80. The maximum atomic E-state index is 11.9. The summed E-state index contributed by atoms with van der Waals surface area (Å²) in [7, 11) is 0. The average molecular weight is 355 g/mol. The van der Waals surface area contributed by atoms with Crippen LogP contribution in [0.3, 0.4) is 0 Å². The summed E-state index contributed by atoms with van der Waals surface area (Å²) in [5, 5.41) is 26.7. The molecule has 8 nitrogen and oxygen atoms in total. The van der Waals surface area contributed by atoms with Gasteiger partial charge < -0.3 is 10.4 Å². The van der Waals surface area contributed by atoms with Gasteiger partial charge in [-0.2, -0.15) is 5.10 Å². The number of carbonyl (C=O) groups is 1. The van der Waals surface area contributed by atoms with E-state index in [1.165, 1.54) is 4.68 Å². The molecule has 0 saturated carbocycles. The lowest BCUT2D eigenvalue weighted by atomic mass is 10.2. The number of nitrogens with one attached hydrogen (secondary N) is 1. The van der Waals surface area contributed by atoms with E-state index in [2.05, 4.69) is 26.3 Å². The number of halogens is 1. The van der Waals surface area contributed by atoms with Gasteiger partial charge in [-0.15, -0.1) is 0 Å². The number of rotatable bonds is 4. The SMILES string of the molecule is Cc1c(Br)cnn1CC(=O)Nc1cc([N+](=O)[O-])ccc1O. The maximum Gasteiger partial charge on any atom is 0.271 e. The summed E-state index contributed by atoms with van der Waals surface area (Å²) in [5.74, 6) is -0.697. The third kappa shape index (κ3) is 3.37.